The summed E-state index contributed by atoms with van der Waals surface area (Å²) in [5, 5.41) is 11.8. The lowest BCUT2D eigenvalue weighted by Crippen LogP contribution is -2.40. The van der Waals surface area contributed by atoms with Gasteiger partial charge in [0.15, 0.2) is 9.84 Å². The molecule has 0 unspecified atom stereocenters. The van der Waals surface area contributed by atoms with Crippen LogP contribution >= 0.6 is 11.6 Å². The van der Waals surface area contributed by atoms with Gasteiger partial charge in [-0.05, 0) is 69.0 Å². The highest BCUT2D eigenvalue weighted by atomic mass is 35.5. The van der Waals surface area contributed by atoms with Crippen molar-refractivity contribution in [1.29, 1.82) is 5.41 Å². The van der Waals surface area contributed by atoms with Crippen LogP contribution in [0.15, 0.2) is 42.1 Å². The number of sulfone groups is 1. The van der Waals surface area contributed by atoms with Crippen LogP contribution in [0.2, 0.25) is 5.02 Å². The van der Waals surface area contributed by atoms with Crippen molar-refractivity contribution in [2.45, 2.75) is 50.5 Å². The third kappa shape index (κ3) is 4.73. The fourth-order valence-electron chi connectivity index (χ4n) is 3.08. The van der Waals surface area contributed by atoms with Crippen molar-refractivity contribution in [2.75, 3.05) is 5.32 Å². The van der Waals surface area contributed by atoms with Crippen LogP contribution in [0.3, 0.4) is 0 Å². The quantitative estimate of drug-likeness (QED) is 0.513. The first-order valence-electron chi connectivity index (χ1n) is 9.74. The standard InChI is InChI=1S/C22H25ClFN3O2S/c1-4-20(25)22(2,3)30(28,29)13-15-11-17(8-9-18(15)24)27-21(14-5-6-14)19-10-7-16(23)12-26-19/h7-12,25,27H,4-6,13H2,1-3H3. The predicted molar refractivity (Wildman–Crippen MR) is 120 cm³/mol. The lowest BCUT2D eigenvalue weighted by atomic mass is 10.1. The van der Waals surface area contributed by atoms with Gasteiger partial charge in [0.05, 0.1) is 22.2 Å². The number of hydrogen-bond acceptors (Lipinski definition) is 5. The first-order chi connectivity index (χ1) is 14.0. The Morgan fingerprint density at radius 3 is 2.53 bits per heavy atom. The number of nitrogens with one attached hydrogen (secondary N) is 2. The highest BCUT2D eigenvalue weighted by Gasteiger charge is 2.38. The fraction of sp³-hybridized carbons (Fsp3) is 0.364. The number of aromatic nitrogens is 1. The Morgan fingerprint density at radius 1 is 1.27 bits per heavy atom. The van der Waals surface area contributed by atoms with Gasteiger partial charge in [0, 0.05) is 23.2 Å². The monoisotopic (exact) mass is 449 g/mol. The number of allylic oxidation sites excluding steroid dienone is 1. The van der Waals surface area contributed by atoms with Crippen molar-refractivity contribution >= 4 is 38.5 Å². The summed E-state index contributed by atoms with van der Waals surface area (Å²) >= 11 is 5.93. The van der Waals surface area contributed by atoms with E-state index in [1.807, 2.05) is 6.07 Å². The lowest BCUT2D eigenvalue weighted by Gasteiger charge is -2.25. The zero-order valence-electron chi connectivity index (χ0n) is 17.2. The largest absolute Gasteiger partial charge is 0.354 e. The average molecular weight is 450 g/mol. The molecule has 0 radical (unpaired) electrons. The minimum atomic E-state index is -3.78. The van der Waals surface area contributed by atoms with E-state index in [-0.39, 0.29) is 11.3 Å². The second-order valence-corrected chi connectivity index (χ2v) is 10.8. The van der Waals surface area contributed by atoms with Crippen LogP contribution in [0.1, 0.15) is 51.3 Å². The Hall–Kier alpha value is -2.25. The SMILES string of the molecule is CCC(=N)C(C)(C)S(=O)(=O)Cc1cc(NC(=C2CC2)c2ccc(Cl)cn2)ccc1F. The Balaban J connectivity index is 1.89. The molecule has 30 heavy (non-hydrogen) atoms. The molecule has 0 amide bonds. The molecule has 1 aromatic carbocycles. The van der Waals surface area contributed by atoms with Crippen LogP contribution in [0.4, 0.5) is 10.1 Å². The second kappa shape index (κ2) is 8.47. The molecule has 0 atom stereocenters. The lowest BCUT2D eigenvalue weighted by molar-refractivity contribution is 0.569. The number of nitrogens with zero attached hydrogens (tertiary/aromatic N) is 1. The van der Waals surface area contributed by atoms with E-state index in [1.165, 1.54) is 31.6 Å². The van der Waals surface area contributed by atoms with Crippen LogP contribution in [0.5, 0.6) is 0 Å². The second-order valence-electron chi connectivity index (χ2n) is 7.87. The summed E-state index contributed by atoms with van der Waals surface area (Å²) in [6.07, 6.45) is 3.78. The van der Waals surface area contributed by atoms with Gasteiger partial charge in [0.25, 0.3) is 0 Å². The maximum absolute atomic E-state index is 14.5. The molecule has 1 aromatic heterocycles. The molecule has 3 rings (SSSR count). The predicted octanol–water partition coefficient (Wildman–Crippen LogP) is 5.61. The first-order valence-corrected chi connectivity index (χ1v) is 11.8. The maximum atomic E-state index is 14.5. The van der Waals surface area contributed by atoms with E-state index >= 15 is 0 Å². The molecule has 2 aromatic rings. The molecular weight excluding hydrogens is 425 g/mol. The van der Waals surface area contributed by atoms with Crippen molar-refractivity contribution in [2.24, 2.45) is 0 Å². The van der Waals surface area contributed by atoms with Crippen LogP contribution in [0.25, 0.3) is 5.70 Å². The molecule has 5 nitrogen and oxygen atoms in total. The van der Waals surface area contributed by atoms with E-state index in [0.717, 1.165) is 24.2 Å². The molecule has 0 aliphatic heterocycles. The van der Waals surface area contributed by atoms with E-state index in [4.69, 9.17) is 17.0 Å². The number of pyridine rings is 1. The van der Waals surface area contributed by atoms with Gasteiger partial charge >= 0.3 is 0 Å². The summed E-state index contributed by atoms with van der Waals surface area (Å²) in [7, 11) is -3.78. The number of anilines is 1. The Kier molecular flexibility index (Phi) is 6.34. The molecule has 2 N–H and O–H groups in total. The normalized spacial score (nSPS) is 13.8. The number of rotatable bonds is 8. The van der Waals surface area contributed by atoms with Gasteiger partial charge in [0.2, 0.25) is 0 Å². The molecule has 1 saturated carbocycles. The summed E-state index contributed by atoms with van der Waals surface area (Å²) in [5.74, 6) is -1.07. The molecule has 0 bridgehead atoms. The number of halogens is 2. The fourth-order valence-corrected chi connectivity index (χ4v) is 4.70. The zero-order chi connectivity index (χ0) is 22.1. The Labute approximate surface area is 181 Å². The molecule has 0 spiro atoms. The molecule has 1 fully saturated rings. The minimum Gasteiger partial charge on any atom is -0.354 e. The van der Waals surface area contributed by atoms with E-state index < -0.39 is 26.2 Å². The molecule has 1 heterocycles. The van der Waals surface area contributed by atoms with E-state index in [9.17, 15) is 12.8 Å². The van der Waals surface area contributed by atoms with Crippen LogP contribution in [-0.2, 0) is 15.6 Å². The summed E-state index contributed by atoms with van der Waals surface area (Å²) in [4.78, 5) is 4.35. The molecule has 1 aliphatic carbocycles. The van der Waals surface area contributed by atoms with Gasteiger partial charge in [-0.25, -0.2) is 12.8 Å². The van der Waals surface area contributed by atoms with Crippen molar-refractivity contribution in [3.05, 3.63) is 64.2 Å². The molecular formula is C22H25ClFN3O2S. The van der Waals surface area contributed by atoms with Gasteiger partial charge in [-0.3, -0.25) is 4.98 Å². The van der Waals surface area contributed by atoms with Gasteiger partial charge in [0.1, 0.15) is 10.6 Å². The molecule has 0 saturated heterocycles. The van der Waals surface area contributed by atoms with Gasteiger partial charge < -0.3 is 10.7 Å². The van der Waals surface area contributed by atoms with E-state index in [2.05, 4.69) is 10.3 Å². The van der Waals surface area contributed by atoms with Crippen molar-refractivity contribution in [1.82, 2.24) is 4.98 Å². The van der Waals surface area contributed by atoms with Crippen molar-refractivity contribution in [3.8, 4) is 0 Å². The summed E-state index contributed by atoms with van der Waals surface area (Å²) in [6.45, 7) is 4.73. The van der Waals surface area contributed by atoms with Gasteiger partial charge in [-0.15, -0.1) is 0 Å². The topological polar surface area (TPSA) is 82.9 Å². The average Bonchev–Trinajstić information content (AvgIpc) is 3.53. The third-order valence-corrected chi connectivity index (χ3v) is 8.07. The van der Waals surface area contributed by atoms with Gasteiger partial charge in [-0.2, -0.15) is 0 Å². The molecule has 160 valence electrons. The van der Waals surface area contributed by atoms with Crippen molar-refractivity contribution < 1.29 is 12.8 Å². The van der Waals surface area contributed by atoms with Crippen molar-refractivity contribution in [3.63, 3.8) is 0 Å². The Bertz CT molecular complexity index is 1100. The zero-order valence-corrected chi connectivity index (χ0v) is 18.8. The molecule has 1 aliphatic rings. The highest BCUT2D eigenvalue weighted by molar-refractivity contribution is 7.92. The maximum Gasteiger partial charge on any atom is 0.165 e. The molecule has 8 heteroatoms. The summed E-state index contributed by atoms with van der Waals surface area (Å²) in [5.41, 5.74) is 3.51. The minimum absolute atomic E-state index is 0.0705. The van der Waals surface area contributed by atoms with Crippen LogP contribution < -0.4 is 5.32 Å². The Morgan fingerprint density at radius 2 is 1.97 bits per heavy atom. The number of benzene rings is 1. The third-order valence-electron chi connectivity index (χ3n) is 5.36. The van der Waals surface area contributed by atoms with Gasteiger partial charge in [-0.1, -0.05) is 18.5 Å². The smallest absolute Gasteiger partial charge is 0.165 e. The van der Waals surface area contributed by atoms with E-state index in [1.54, 1.807) is 25.3 Å². The van der Waals surface area contributed by atoms with Crippen LogP contribution in [0, 0.1) is 11.2 Å². The highest BCUT2D eigenvalue weighted by Crippen LogP contribution is 2.37. The van der Waals surface area contributed by atoms with E-state index in [0.29, 0.717) is 17.1 Å². The summed E-state index contributed by atoms with van der Waals surface area (Å²) < 4.78 is 38.9. The first kappa shape index (κ1) is 22.4. The number of hydrogen-bond donors (Lipinski definition) is 2. The summed E-state index contributed by atoms with van der Waals surface area (Å²) in [6, 6.07) is 7.91. The van der Waals surface area contributed by atoms with Crippen LogP contribution in [-0.4, -0.2) is 23.9 Å².